The molecule has 1 heterocycles. The average Bonchev–Trinajstić information content (AvgIpc) is 2.68. The number of piperazine rings is 1. The van der Waals surface area contributed by atoms with Gasteiger partial charge in [0.2, 0.25) is 5.91 Å². The molecule has 1 atom stereocenters. The van der Waals surface area contributed by atoms with E-state index in [2.05, 4.69) is 36.1 Å². The molecule has 0 unspecified atom stereocenters. The van der Waals surface area contributed by atoms with Crippen LogP contribution >= 0.6 is 0 Å². The Hall–Kier alpha value is -2.12. The fraction of sp³-hybridized carbons (Fsp3) is 0.600. The summed E-state index contributed by atoms with van der Waals surface area (Å²) in [4.78, 5) is 30.5. The monoisotopic (exact) mass is 377 g/mol. The zero-order chi connectivity index (χ0) is 19.8. The van der Waals surface area contributed by atoms with Gasteiger partial charge in [-0.15, -0.1) is 0 Å². The molecule has 1 aromatic carbocycles. The first-order chi connectivity index (χ1) is 13.0. The van der Waals surface area contributed by atoms with Crippen molar-refractivity contribution in [2.75, 3.05) is 65.0 Å². The number of amides is 1. The van der Waals surface area contributed by atoms with Crippen molar-refractivity contribution in [2.24, 2.45) is 0 Å². The van der Waals surface area contributed by atoms with Crippen LogP contribution in [-0.4, -0.2) is 87.8 Å². The van der Waals surface area contributed by atoms with Gasteiger partial charge < -0.3 is 19.3 Å². The highest BCUT2D eigenvalue weighted by atomic mass is 16.5. The summed E-state index contributed by atoms with van der Waals surface area (Å²) in [5, 5.41) is 0. The number of hydrogen-bond donors (Lipinski definition) is 0. The second-order valence-corrected chi connectivity index (χ2v) is 6.82. The maximum absolute atomic E-state index is 12.7. The highest BCUT2D eigenvalue weighted by molar-refractivity contribution is 5.81. The molecule has 0 saturated carbocycles. The first-order valence-corrected chi connectivity index (χ1v) is 9.41. The lowest BCUT2D eigenvalue weighted by Gasteiger charge is -2.37. The zero-order valence-electron chi connectivity index (χ0n) is 16.8. The number of benzene rings is 1. The summed E-state index contributed by atoms with van der Waals surface area (Å²) in [7, 11) is 3.10. The van der Waals surface area contributed by atoms with Crippen LogP contribution in [0.3, 0.4) is 0 Å². The Balaban J connectivity index is 1.88. The van der Waals surface area contributed by atoms with Gasteiger partial charge in [-0.3, -0.25) is 14.5 Å². The summed E-state index contributed by atoms with van der Waals surface area (Å²) in [5.74, 6) is -0.366. The molecule has 0 aliphatic carbocycles. The van der Waals surface area contributed by atoms with Crippen molar-refractivity contribution in [1.29, 1.82) is 0 Å². The van der Waals surface area contributed by atoms with Crippen molar-refractivity contribution >= 4 is 17.6 Å². The number of anilines is 1. The van der Waals surface area contributed by atoms with E-state index >= 15 is 0 Å². The standard InChI is InChI=1S/C20H31N3O4/c1-5-27-15-18(20(25)26-4)21(3)14-19(24)23-11-9-22(10-12-23)17-8-6-7-16(2)13-17/h6-8,13,18H,5,9-12,14-15H2,1-4H3/t18-/m1/s1. The lowest BCUT2D eigenvalue weighted by atomic mass is 10.2. The van der Waals surface area contributed by atoms with Gasteiger partial charge in [0.25, 0.3) is 0 Å². The molecule has 0 radical (unpaired) electrons. The van der Waals surface area contributed by atoms with E-state index in [0.717, 1.165) is 13.1 Å². The van der Waals surface area contributed by atoms with E-state index in [1.807, 2.05) is 11.8 Å². The third-order valence-corrected chi connectivity index (χ3v) is 4.87. The summed E-state index contributed by atoms with van der Waals surface area (Å²) in [5.41, 5.74) is 2.43. The third-order valence-electron chi connectivity index (χ3n) is 4.87. The number of carbonyl (C=O) groups excluding carboxylic acids is 2. The Morgan fingerprint density at radius 3 is 2.52 bits per heavy atom. The normalized spacial score (nSPS) is 15.7. The van der Waals surface area contributed by atoms with E-state index in [9.17, 15) is 9.59 Å². The van der Waals surface area contributed by atoms with E-state index < -0.39 is 6.04 Å². The van der Waals surface area contributed by atoms with Crippen molar-refractivity contribution in [3.05, 3.63) is 29.8 Å². The minimum Gasteiger partial charge on any atom is -0.468 e. The van der Waals surface area contributed by atoms with E-state index in [1.165, 1.54) is 18.4 Å². The number of methoxy groups -OCH3 is 1. The Morgan fingerprint density at radius 2 is 1.93 bits per heavy atom. The maximum atomic E-state index is 12.7. The van der Waals surface area contributed by atoms with Crippen LogP contribution in [0.4, 0.5) is 5.69 Å². The molecule has 0 N–H and O–H groups in total. The van der Waals surface area contributed by atoms with Crippen LogP contribution in [0.15, 0.2) is 24.3 Å². The molecule has 1 fully saturated rings. The summed E-state index contributed by atoms with van der Waals surface area (Å²) >= 11 is 0. The van der Waals surface area contributed by atoms with E-state index in [1.54, 1.807) is 11.9 Å². The molecular weight excluding hydrogens is 346 g/mol. The van der Waals surface area contributed by atoms with Crippen molar-refractivity contribution < 1.29 is 19.1 Å². The van der Waals surface area contributed by atoms with Crippen molar-refractivity contribution in [3.8, 4) is 0 Å². The molecule has 1 aliphatic heterocycles. The summed E-state index contributed by atoms with van der Waals surface area (Å²) < 4.78 is 10.2. The number of rotatable bonds is 8. The Labute approximate surface area is 161 Å². The minimum atomic E-state index is -0.576. The average molecular weight is 377 g/mol. The molecule has 7 nitrogen and oxygen atoms in total. The van der Waals surface area contributed by atoms with Gasteiger partial charge in [0.15, 0.2) is 0 Å². The second-order valence-electron chi connectivity index (χ2n) is 6.82. The number of ether oxygens (including phenoxy) is 2. The van der Waals surface area contributed by atoms with Gasteiger partial charge in [0.05, 0.1) is 20.3 Å². The molecule has 7 heteroatoms. The van der Waals surface area contributed by atoms with Crippen LogP contribution in [0.25, 0.3) is 0 Å². The molecule has 1 aliphatic rings. The number of nitrogens with zero attached hydrogens (tertiary/aromatic N) is 3. The van der Waals surface area contributed by atoms with Crippen LogP contribution in [0.1, 0.15) is 12.5 Å². The Bertz CT molecular complexity index is 629. The molecule has 1 aromatic rings. The van der Waals surface area contributed by atoms with Gasteiger partial charge >= 0.3 is 5.97 Å². The number of hydrogen-bond acceptors (Lipinski definition) is 6. The fourth-order valence-electron chi connectivity index (χ4n) is 3.20. The van der Waals surface area contributed by atoms with Crippen LogP contribution in [-0.2, 0) is 19.1 Å². The van der Waals surface area contributed by atoms with Crippen LogP contribution in [0.5, 0.6) is 0 Å². The van der Waals surface area contributed by atoms with Gasteiger partial charge in [0, 0.05) is 38.5 Å². The van der Waals surface area contributed by atoms with E-state index in [0.29, 0.717) is 19.7 Å². The molecule has 1 saturated heterocycles. The summed E-state index contributed by atoms with van der Waals surface area (Å²) in [6.45, 7) is 7.80. The smallest absolute Gasteiger partial charge is 0.325 e. The van der Waals surface area contributed by atoms with Gasteiger partial charge in [0.1, 0.15) is 6.04 Å². The summed E-state index contributed by atoms with van der Waals surface area (Å²) in [6, 6.07) is 7.83. The van der Waals surface area contributed by atoms with Crippen molar-refractivity contribution in [2.45, 2.75) is 19.9 Å². The first-order valence-electron chi connectivity index (χ1n) is 9.41. The minimum absolute atomic E-state index is 0.0202. The number of likely N-dealkylation sites (N-methyl/N-ethyl adjacent to an activating group) is 1. The molecule has 1 amide bonds. The number of carbonyl (C=O) groups is 2. The number of aryl methyl sites for hydroxylation is 1. The molecule has 2 rings (SSSR count). The number of esters is 1. The zero-order valence-corrected chi connectivity index (χ0v) is 16.8. The summed E-state index contributed by atoms with van der Waals surface area (Å²) in [6.07, 6.45) is 0. The van der Waals surface area contributed by atoms with Gasteiger partial charge in [-0.25, -0.2) is 0 Å². The van der Waals surface area contributed by atoms with E-state index in [-0.39, 0.29) is 25.0 Å². The highest BCUT2D eigenvalue weighted by Crippen LogP contribution is 2.18. The van der Waals surface area contributed by atoms with Crippen molar-refractivity contribution in [1.82, 2.24) is 9.80 Å². The highest BCUT2D eigenvalue weighted by Gasteiger charge is 2.28. The lowest BCUT2D eigenvalue weighted by Crippen LogP contribution is -2.53. The quantitative estimate of drug-likeness (QED) is 0.634. The predicted octanol–water partition coefficient (Wildman–Crippen LogP) is 1.15. The molecule has 150 valence electrons. The van der Waals surface area contributed by atoms with Gasteiger partial charge in [-0.05, 0) is 38.6 Å². The molecule has 0 spiro atoms. The largest absolute Gasteiger partial charge is 0.468 e. The topological polar surface area (TPSA) is 62.3 Å². The molecule has 27 heavy (non-hydrogen) atoms. The fourth-order valence-corrected chi connectivity index (χ4v) is 3.20. The van der Waals surface area contributed by atoms with Gasteiger partial charge in [-0.1, -0.05) is 12.1 Å². The first kappa shape index (κ1) is 21.2. The van der Waals surface area contributed by atoms with Crippen molar-refractivity contribution in [3.63, 3.8) is 0 Å². The SMILES string of the molecule is CCOC[C@H](C(=O)OC)N(C)CC(=O)N1CCN(c2cccc(C)c2)CC1. The van der Waals surface area contributed by atoms with Crippen LogP contribution in [0.2, 0.25) is 0 Å². The van der Waals surface area contributed by atoms with E-state index in [4.69, 9.17) is 9.47 Å². The van der Waals surface area contributed by atoms with Gasteiger partial charge in [-0.2, -0.15) is 0 Å². The maximum Gasteiger partial charge on any atom is 0.325 e. The van der Waals surface area contributed by atoms with Crippen LogP contribution in [0, 0.1) is 6.92 Å². The lowest BCUT2D eigenvalue weighted by molar-refractivity contribution is -0.149. The predicted molar refractivity (Wildman–Crippen MR) is 105 cm³/mol. The molecule has 0 bridgehead atoms. The Morgan fingerprint density at radius 1 is 1.22 bits per heavy atom. The van der Waals surface area contributed by atoms with Crippen LogP contribution < -0.4 is 4.90 Å². The Kier molecular flexibility index (Phi) is 8.06. The third kappa shape index (κ3) is 5.94. The second kappa shape index (κ2) is 10.3. The molecular formula is C20H31N3O4. The molecule has 0 aromatic heterocycles.